The van der Waals surface area contributed by atoms with E-state index in [1.54, 1.807) is 24.3 Å². The summed E-state index contributed by atoms with van der Waals surface area (Å²) in [6.07, 6.45) is 8.51. The Bertz CT molecular complexity index is 2180. The SMILES string of the molecule is COc1cc(NC(=O)CC[C@]2(N)C=C[C@@](C)(c3ccccc3)C(N(C(=O)O)C3CCCCC3)=C2)c(Cl)cc1CNC[C@H](O)c1ccc(O)c2[nH]c(=O)ccc12.F.F. The van der Waals surface area contributed by atoms with Gasteiger partial charge in [-0.15, -0.1) is 0 Å². The molecule has 0 spiro atoms. The fourth-order valence-corrected chi connectivity index (χ4v) is 7.96. The first-order chi connectivity index (χ1) is 26.3. The molecule has 1 aromatic heterocycles. The Hall–Kier alpha value is -5.28. The minimum atomic E-state index is -1.09. The first-order valence-electron chi connectivity index (χ1n) is 18.5. The zero-order chi connectivity index (χ0) is 39.3. The number of hydrogen-bond acceptors (Lipinski definition) is 8. The molecule has 3 aromatic carbocycles. The first-order valence-corrected chi connectivity index (χ1v) is 18.9. The number of aromatic amines is 1. The molecule has 0 aliphatic heterocycles. The molecule has 6 rings (SSSR count). The Morgan fingerprint density at radius 1 is 1.05 bits per heavy atom. The van der Waals surface area contributed by atoms with Gasteiger partial charge in [0.05, 0.1) is 40.4 Å². The largest absolute Gasteiger partial charge is 0.506 e. The van der Waals surface area contributed by atoms with Crippen LogP contribution in [-0.2, 0) is 16.8 Å². The number of nitrogens with one attached hydrogen (secondary N) is 3. The number of rotatable bonds is 13. The molecule has 0 radical (unpaired) electrons. The van der Waals surface area contributed by atoms with Crippen molar-refractivity contribution in [3.05, 3.63) is 123 Å². The van der Waals surface area contributed by atoms with Gasteiger partial charge >= 0.3 is 6.09 Å². The summed E-state index contributed by atoms with van der Waals surface area (Å²) in [6, 6.07) is 18.9. The van der Waals surface area contributed by atoms with E-state index in [1.165, 1.54) is 24.1 Å². The molecule has 2 aliphatic rings. The van der Waals surface area contributed by atoms with Crippen LogP contribution in [0.3, 0.4) is 0 Å². The van der Waals surface area contributed by atoms with Crippen molar-refractivity contribution >= 4 is 40.2 Å². The highest BCUT2D eigenvalue weighted by molar-refractivity contribution is 6.33. The van der Waals surface area contributed by atoms with Crippen LogP contribution in [0.25, 0.3) is 10.9 Å². The van der Waals surface area contributed by atoms with Crippen molar-refractivity contribution in [2.24, 2.45) is 5.73 Å². The molecule has 0 unspecified atom stereocenters. The second-order valence-corrected chi connectivity index (χ2v) is 15.0. The molecular formula is C42H50ClF2N5O7. The van der Waals surface area contributed by atoms with Crippen molar-refractivity contribution in [3.63, 3.8) is 0 Å². The number of carbonyl (C=O) groups excluding carboxylic acids is 1. The summed E-state index contributed by atoms with van der Waals surface area (Å²) in [6.45, 7) is 2.42. The molecular weight excluding hydrogens is 760 g/mol. The van der Waals surface area contributed by atoms with E-state index in [-0.39, 0.29) is 69.1 Å². The molecule has 1 heterocycles. The average molecular weight is 810 g/mol. The third-order valence-electron chi connectivity index (χ3n) is 10.8. The highest BCUT2D eigenvalue weighted by atomic mass is 35.5. The van der Waals surface area contributed by atoms with E-state index < -0.39 is 23.2 Å². The zero-order valence-corrected chi connectivity index (χ0v) is 32.6. The summed E-state index contributed by atoms with van der Waals surface area (Å²) in [4.78, 5) is 42.2. The van der Waals surface area contributed by atoms with Crippen molar-refractivity contribution < 1.29 is 39.1 Å². The van der Waals surface area contributed by atoms with E-state index in [4.69, 9.17) is 22.1 Å². The summed E-state index contributed by atoms with van der Waals surface area (Å²) in [5.74, 6) is 0.0438. The zero-order valence-electron chi connectivity index (χ0n) is 31.8. The molecule has 15 heteroatoms. The van der Waals surface area contributed by atoms with Gasteiger partial charge in [-0.25, -0.2) is 4.79 Å². The van der Waals surface area contributed by atoms with E-state index >= 15 is 0 Å². The number of nitrogens with two attached hydrogens (primary N) is 1. The van der Waals surface area contributed by atoms with Gasteiger partial charge in [-0.3, -0.25) is 23.9 Å². The van der Waals surface area contributed by atoms with Gasteiger partial charge in [0.25, 0.3) is 0 Å². The lowest BCUT2D eigenvalue weighted by Gasteiger charge is -2.45. The predicted octanol–water partition coefficient (Wildman–Crippen LogP) is 7.16. The number of aromatic hydroxyl groups is 1. The molecule has 1 fully saturated rings. The van der Waals surface area contributed by atoms with E-state index in [0.29, 0.717) is 33.6 Å². The number of aromatic nitrogens is 1. The molecule has 57 heavy (non-hydrogen) atoms. The topological polar surface area (TPSA) is 190 Å². The summed E-state index contributed by atoms with van der Waals surface area (Å²) in [5, 5.41) is 38.6. The molecule has 8 N–H and O–H groups in total. The maximum Gasteiger partial charge on any atom is 0.411 e. The number of fused-ring (bicyclic) bond motifs is 1. The van der Waals surface area contributed by atoms with Gasteiger partial charge in [-0.1, -0.05) is 79.4 Å². The number of phenolic OH excluding ortho intramolecular Hbond substituents is 1. The Morgan fingerprint density at radius 2 is 1.77 bits per heavy atom. The number of aliphatic hydroxyl groups excluding tert-OH is 1. The van der Waals surface area contributed by atoms with Crippen LogP contribution in [0.2, 0.25) is 5.02 Å². The number of anilines is 1. The van der Waals surface area contributed by atoms with Gasteiger partial charge in [0, 0.05) is 54.3 Å². The molecule has 3 atom stereocenters. The summed E-state index contributed by atoms with van der Waals surface area (Å²) in [7, 11) is 1.50. The summed E-state index contributed by atoms with van der Waals surface area (Å²) >= 11 is 6.65. The van der Waals surface area contributed by atoms with Crippen LogP contribution in [0.1, 0.15) is 74.7 Å². The van der Waals surface area contributed by atoms with Crippen molar-refractivity contribution in [1.29, 1.82) is 0 Å². The number of amides is 2. The first kappa shape index (κ1) is 44.4. The molecule has 306 valence electrons. The number of allylic oxidation sites excluding steroid dienone is 1. The number of aliphatic hydroxyl groups is 1. The quantitative estimate of drug-likeness (QED) is 0.0687. The van der Waals surface area contributed by atoms with Crippen LogP contribution in [-0.4, -0.2) is 62.4 Å². The van der Waals surface area contributed by atoms with Crippen LogP contribution in [0.4, 0.5) is 19.9 Å². The lowest BCUT2D eigenvalue weighted by Crippen LogP contribution is -2.50. The number of carboxylic acid groups (broad SMARTS) is 1. The molecule has 12 nitrogen and oxygen atoms in total. The third kappa shape index (κ3) is 9.82. The standard InChI is InChI=1S/C42H48ClN5O7.2FH/c1-41(27-9-5-3-6-10-27)19-20-42(44,23-36(41)48(40(53)54)28-11-7-4-8-12-28)18-17-38(52)46-32-22-35(55-2)26(21-31(32)43)24-45-25-34(50)29-13-15-33(49)39-30(29)14-16-37(51)47-39;;/h3,5-6,9-10,13-16,19-23,28,34,45,49-50H,4,7-8,11-12,17-18,24-25,44H2,1-2H3,(H,46,52)(H,47,51)(H,53,54);2*1H/t34-,41-,42-;;/m0../s1. The number of pyridine rings is 1. The van der Waals surface area contributed by atoms with E-state index in [1.807, 2.05) is 55.5 Å². The minimum absolute atomic E-state index is 0. The maximum atomic E-state index is 13.4. The van der Waals surface area contributed by atoms with Crippen LogP contribution in [0.5, 0.6) is 11.5 Å². The number of benzene rings is 3. The van der Waals surface area contributed by atoms with Gasteiger partial charge in [-0.05, 0) is 61.6 Å². The number of halogens is 3. The number of phenols is 1. The number of carbonyl (C=O) groups is 2. The van der Waals surface area contributed by atoms with Gasteiger partial charge in [-0.2, -0.15) is 0 Å². The summed E-state index contributed by atoms with van der Waals surface area (Å²) in [5.41, 5.74) is 8.10. The van der Waals surface area contributed by atoms with E-state index in [2.05, 4.69) is 15.6 Å². The Kier molecular flexibility index (Phi) is 14.6. The van der Waals surface area contributed by atoms with E-state index in [9.17, 15) is 29.7 Å². The fourth-order valence-electron chi connectivity index (χ4n) is 7.72. The average Bonchev–Trinajstić information content (AvgIpc) is 3.17. The Morgan fingerprint density at radius 3 is 2.46 bits per heavy atom. The molecule has 2 aliphatic carbocycles. The van der Waals surface area contributed by atoms with Gasteiger partial charge < -0.3 is 41.4 Å². The molecule has 0 bridgehead atoms. The number of nitrogens with zero attached hydrogens (tertiary/aromatic N) is 1. The molecule has 1 saturated carbocycles. The second kappa shape index (κ2) is 18.8. The van der Waals surface area contributed by atoms with Crippen LogP contribution < -0.4 is 26.7 Å². The number of ether oxygens (including phenoxy) is 1. The lowest BCUT2D eigenvalue weighted by atomic mass is 9.71. The van der Waals surface area contributed by atoms with Gasteiger partial charge in [0.15, 0.2) is 0 Å². The fraction of sp³-hybridized carbons (Fsp3) is 0.357. The van der Waals surface area contributed by atoms with Crippen LogP contribution in [0, 0.1) is 0 Å². The predicted molar refractivity (Wildman–Crippen MR) is 218 cm³/mol. The molecule has 0 saturated heterocycles. The normalized spacial score (nSPS) is 19.8. The van der Waals surface area contributed by atoms with Gasteiger partial charge in [0.1, 0.15) is 11.5 Å². The number of H-pyrrole nitrogens is 1. The van der Waals surface area contributed by atoms with Crippen molar-refractivity contribution in [2.75, 3.05) is 19.0 Å². The van der Waals surface area contributed by atoms with Crippen LogP contribution in [0.15, 0.2) is 95.4 Å². The minimum Gasteiger partial charge on any atom is -0.506 e. The Labute approximate surface area is 334 Å². The van der Waals surface area contributed by atoms with Crippen molar-refractivity contribution in [3.8, 4) is 11.5 Å². The monoisotopic (exact) mass is 809 g/mol. The van der Waals surface area contributed by atoms with Gasteiger partial charge in [0.2, 0.25) is 11.5 Å². The lowest BCUT2D eigenvalue weighted by molar-refractivity contribution is -0.116. The second-order valence-electron chi connectivity index (χ2n) is 14.6. The summed E-state index contributed by atoms with van der Waals surface area (Å²) < 4.78 is 5.61. The maximum absolute atomic E-state index is 13.4. The Balaban J connectivity index is 0.00000360. The number of methoxy groups -OCH3 is 1. The highest BCUT2D eigenvalue weighted by Crippen LogP contribution is 2.43. The molecule has 4 aromatic rings. The highest BCUT2D eigenvalue weighted by Gasteiger charge is 2.43. The smallest absolute Gasteiger partial charge is 0.411 e. The number of hydrogen-bond donors (Lipinski definition) is 7. The van der Waals surface area contributed by atoms with Crippen molar-refractivity contribution in [1.82, 2.24) is 15.2 Å². The van der Waals surface area contributed by atoms with E-state index in [0.717, 1.165) is 37.7 Å². The molecule has 2 amide bonds. The van der Waals surface area contributed by atoms with Crippen molar-refractivity contribution in [2.45, 2.75) is 81.5 Å². The van der Waals surface area contributed by atoms with Crippen LogP contribution >= 0.6 is 11.6 Å². The third-order valence-corrected chi connectivity index (χ3v) is 11.1.